The number of pyridine rings is 1. The molecular formula is C23H25F3N6O. The number of rotatable bonds is 5. The number of nitrogens with one attached hydrogen (secondary N) is 1. The van der Waals surface area contributed by atoms with Gasteiger partial charge in [0.2, 0.25) is 5.91 Å². The molecule has 0 saturated carbocycles. The zero-order chi connectivity index (χ0) is 23.6. The summed E-state index contributed by atoms with van der Waals surface area (Å²) in [6.45, 7) is 6.45. The summed E-state index contributed by atoms with van der Waals surface area (Å²) in [5, 5.41) is 7.42. The molecule has 0 aliphatic carbocycles. The first-order valence-corrected chi connectivity index (χ1v) is 10.6. The van der Waals surface area contributed by atoms with Crippen molar-refractivity contribution in [1.82, 2.24) is 19.7 Å². The molecule has 0 spiro atoms. The zero-order valence-corrected chi connectivity index (χ0v) is 18.4. The predicted octanol–water partition coefficient (Wildman–Crippen LogP) is 3.66. The molecule has 0 radical (unpaired) electrons. The van der Waals surface area contributed by atoms with Gasteiger partial charge in [0.1, 0.15) is 11.6 Å². The minimum atomic E-state index is -4.40. The van der Waals surface area contributed by atoms with E-state index in [1.165, 1.54) is 6.07 Å². The first-order valence-electron chi connectivity index (χ1n) is 10.6. The summed E-state index contributed by atoms with van der Waals surface area (Å²) in [6.07, 6.45) is -3.54. The number of alkyl halides is 3. The average molecular weight is 458 g/mol. The number of aromatic nitrogens is 3. The topological polar surface area (TPSA) is 66.3 Å². The third kappa shape index (κ3) is 5.51. The van der Waals surface area contributed by atoms with Crippen molar-refractivity contribution >= 4 is 17.5 Å². The second-order valence-corrected chi connectivity index (χ2v) is 8.13. The van der Waals surface area contributed by atoms with Crippen molar-refractivity contribution < 1.29 is 18.0 Å². The van der Waals surface area contributed by atoms with Gasteiger partial charge in [-0.2, -0.15) is 18.3 Å². The number of halogens is 3. The van der Waals surface area contributed by atoms with E-state index in [9.17, 15) is 18.0 Å². The number of hydrogen-bond acceptors (Lipinski definition) is 5. The standard InChI is InChI=1S/C23H25F3N6O/c1-16-3-6-19(7-4-16)32-21(13-17(2)29-32)28-22(33)15-30-9-11-31(12-10-30)20-8-5-18(14-27-20)23(24,25)26/h3-8,13-14H,9-12,15H2,1-2H3,(H,28,33). The molecule has 1 aromatic carbocycles. The van der Waals surface area contributed by atoms with Gasteiger partial charge in [0.25, 0.3) is 0 Å². The van der Waals surface area contributed by atoms with Crippen LogP contribution in [0.15, 0.2) is 48.7 Å². The number of nitrogens with zero attached hydrogens (tertiary/aromatic N) is 5. The van der Waals surface area contributed by atoms with E-state index in [1.807, 2.05) is 54.0 Å². The molecule has 1 amide bonds. The number of carbonyl (C=O) groups excluding carboxylic acids is 1. The van der Waals surface area contributed by atoms with E-state index in [4.69, 9.17) is 0 Å². The monoisotopic (exact) mass is 458 g/mol. The summed E-state index contributed by atoms with van der Waals surface area (Å²) < 4.78 is 39.9. The SMILES string of the molecule is Cc1ccc(-n2nc(C)cc2NC(=O)CN2CCN(c3ccc(C(F)(F)F)cn3)CC2)cc1. The lowest BCUT2D eigenvalue weighted by molar-refractivity contribution is -0.137. The predicted molar refractivity (Wildman–Crippen MR) is 120 cm³/mol. The molecule has 1 saturated heterocycles. The number of aryl methyl sites for hydroxylation is 2. The summed E-state index contributed by atoms with van der Waals surface area (Å²) in [6, 6.07) is 12.1. The molecule has 7 nitrogen and oxygen atoms in total. The van der Waals surface area contributed by atoms with E-state index in [2.05, 4.69) is 15.4 Å². The van der Waals surface area contributed by atoms with Crippen molar-refractivity contribution in [3.05, 3.63) is 65.5 Å². The molecule has 1 fully saturated rings. The third-order valence-corrected chi connectivity index (χ3v) is 5.52. The second-order valence-electron chi connectivity index (χ2n) is 8.13. The van der Waals surface area contributed by atoms with Crippen molar-refractivity contribution in [2.45, 2.75) is 20.0 Å². The Kier molecular flexibility index (Phi) is 6.37. The fourth-order valence-electron chi connectivity index (χ4n) is 3.73. The largest absolute Gasteiger partial charge is 0.417 e. The molecule has 1 aliphatic rings. The summed E-state index contributed by atoms with van der Waals surface area (Å²) in [5.41, 5.74) is 2.03. The van der Waals surface area contributed by atoms with Gasteiger partial charge in [0, 0.05) is 38.4 Å². The molecule has 4 rings (SSSR count). The van der Waals surface area contributed by atoms with Gasteiger partial charge in [-0.25, -0.2) is 9.67 Å². The van der Waals surface area contributed by atoms with Crippen LogP contribution in [0.25, 0.3) is 5.69 Å². The van der Waals surface area contributed by atoms with Crippen molar-refractivity contribution in [3.63, 3.8) is 0 Å². The Hall–Kier alpha value is -3.40. The van der Waals surface area contributed by atoms with Crippen LogP contribution in [0.4, 0.5) is 24.8 Å². The van der Waals surface area contributed by atoms with Crippen molar-refractivity contribution in [3.8, 4) is 5.69 Å². The fraction of sp³-hybridized carbons (Fsp3) is 0.348. The maximum absolute atomic E-state index is 12.7. The molecule has 10 heteroatoms. The Labute approximate surface area is 189 Å². The number of piperazine rings is 1. The Morgan fingerprint density at radius 1 is 1.03 bits per heavy atom. The number of amides is 1. The smallest absolute Gasteiger partial charge is 0.354 e. The molecule has 174 valence electrons. The minimum Gasteiger partial charge on any atom is -0.354 e. The minimum absolute atomic E-state index is 0.149. The highest BCUT2D eigenvalue weighted by atomic mass is 19.4. The van der Waals surface area contributed by atoms with Crippen molar-refractivity contribution in [1.29, 1.82) is 0 Å². The molecule has 0 atom stereocenters. The number of benzene rings is 1. The Morgan fingerprint density at radius 2 is 1.73 bits per heavy atom. The highest BCUT2D eigenvalue weighted by Gasteiger charge is 2.31. The summed E-state index contributed by atoms with van der Waals surface area (Å²) >= 11 is 0. The third-order valence-electron chi connectivity index (χ3n) is 5.52. The molecule has 0 bridgehead atoms. The van der Waals surface area contributed by atoms with E-state index in [-0.39, 0.29) is 12.5 Å². The van der Waals surface area contributed by atoms with Crippen LogP contribution < -0.4 is 10.2 Å². The fourth-order valence-corrected chi connectivity index (χ4v) is 3.73. The highest BCUT2D eigenvalue weighted by Crippen LogP contribution is 2.29. The summed E-state index contributed by atoms with van der Waals surface area (Å²) in [5.74, 6) is 0.961. The van der Waals surface area contributed by atoms with Gasteiger partial charge in [-0.15, -0.1) is 0 Å². The lowest BCUT2D eigenvalue weighted by Crippen LogP contribution is -2.49. The van der Waals surface area contributed by atoms with Gasteiger partial charge in [-0.3, -0.25) is 9.69 Å². The molecule has 3 heterocycles. The first kappa shape index (κ1) is 22.8. The number of anilines is 2. The first-order chi connectivity index (χ1) is 15.7. The summed E-state index contributed by atoms with van der Waals surface area (Å²) in [4.78, 5) is 20.6. The highest BCUT2D eigenvalue weighted by molar-refractivity contribution is 5.91. The van der Waals surface area contributed by atoms with Gasteiger partial charge < -0.3 is 10.2 Å². The molecule has 33 heavy (non-hydrogen) atoms. The molecule has 3 aromatic rings. The van der Waals surface area contributed by atoms with Crippen LogP contribution in [-0.2, 0) is 11.0 Å². The van der Waals surface area contributed by atoms with Crippen LogP contribution in [0.1, 0.15) is 16.8 Å². The van der Waals surface area contributed by atoms with Gasteiger partial charge in [-0.05, 0) is 38.1 Å². The Balaban J connectivity index is 1.32. The molecule has 2 aromatic heterocycles. The van der Waals surface area contributed by atoms with Crippen LogP contribution in [-0.4, -0.2) is 58.3 Å². The van der Waals surface area contributed by atoms with Crippen LogP contribution in [0.2, 0.25) is 0 Å². The number of carbonyl (C=O) groups is 1. The lowest BCUT2D eigenvalue weighted by Gasteiger charge is -2.35. The van der Waals surface area contributed by atoms with Gasteiger partial charge >= 0.3 is 6.18 Å². The lowest BCUT2D eigenvalue weighted by atomic mass is 10.2. The normalized spacial score (nSPS) is 15.0. The summed E-state index contributed by atoms with van der Waals surface area (Å²) in [7, 11) is 0. The van der Waals surface area contributed by atoms with Crippen molar-refractivity contribution in [2.24, 2.45) is 0 Å². The van der Waals surface area contributed by atoms with Crippen molar-refractivity contribution in [2.75, 3.05) is 42.9 Å². The van der Waals surface area contributed by atoms with E-state index in [0.29, 0.717) is 37.8 Å². The van der Waals surface area contributed by atoms with Crippen LogP contribution in [0, 0.1) is 13.8 Å². The van der Waals surface area contributed by atoms with Gasteiger partial charge in [-0.1, -0.05) is 17.7 Å². The maximum atomic E-state index is 12.7. The van der Waals surface area contributed by atoms with E-state index in [1.54, 1.807) is 4.68 Å². The molecule has 0 unspecified atom stereocenters. The number of hydrogen-bond donors (Lipinski definition) is 1. The quantitative estimate of drug-likeness (QED) is 0.632. The van der Waals surface area contributed by atoms with Gasteiger partial charge in [0.15, 0.2) is 0 Å². The second kappa shape index (κ2) is 9.22. The van der Waals surface area contributed by atoms with E-state index >= 15 is 0 Å². The molecular weight excluding hydrogens is 433 g/mol. The van der Waals surface area contributed by atoms with Gasteiger partial charge in [0.05, 0.1) is 23.5 Å². The molecule has 1 N–H and O–H groups in total. The van der Waals surface area contributed by atoms with E-state index in [0.717, 1.165) is 29.2 Å². The van der Waals surface area contributed by atoms with Crippen LogP contribution >= 0.6 is 0 Å². The maximum Gasteiger partial charge on any atom is 0.417 e. The van der Waals surface area contributed by atoms with E-state index < -0.39 is 11.7 Å². The average Bonchev–Trinajstić information content (AvgIpc) is 3.14. The Morgan fingerprint density at radius 3 is 2.33 bits per heavy atom. The Bertz CT molecular complexity index is 1100. The molecule has 1 aliphatic heterocycles. The zero-order valence-electron chi connectivity index (χ0n) is 18.4. The van der Waals surface area contributed by atoms with Crippen LogP contribution in [0.3, 0.4) is 0 Å². The van der Waals surface area contributed by atoms with Crippen LogP contribution in [0.5, 0.6) is 0 Å².